The molecule has 30 heavy (non-hydrogen) atoms. The molecule has 0 bridgehead atoms. The lowest BCUT2D eigenvalue weighted by atomic mass is 10.2. The molecule has 0 radical (unpaired) electrons. The second kappa shape index (κ2) is 7.38. The number of benzene rings is 2. The molecular formula is C20H18N8OS. The largest absolute Gasteiger partial charge is 0.277 e. The van der Waals surface area contributed by atoms with Crippen molar-refractivity contribution in [3.8, 4) is 5.69 Å². The Labute approximate surface area is 175 Å². The van der Waals surface area contributed by atoms with Crippen LogP contribution in [0.25, 0.3) is 22.4 Å². The van der Waals surface area contributed by atoms with Crippen LogP contribution in [0.4, 0.5) is 0 Å². The summed E-state index contributed by atoms with van der Waals surface area (Å²) in [6, 6.07) is 15.5. The molecule has 0 saturated heterocycles. The average molecular weight is 418 g/mol. The molecule has 0 aliphatic rings. The maximum Gasteiger partial charge on any atom is 0.262 e. The van der Waals surface area contributed by atoms with Crippen LogP contribution in [0.3, 0.4) is 0 Å². The van der Waals surface area contributed by atoms with Gasteiger partial charge in [0.15, 0.2) is 0 Å². The van der Waals surface area contributed by atoms with E-state index in [1.807, 2.05) is 66.8 Å². The van der Waals surface area contributed by atoms with Gasteiger partial charge >= 0.3 is 0 Å². The van der Waals surface area contributed by atoms with Gasteiger partial charge in [-0.25, -0.2) is 0 Å². The number of thioether (sulfide) groups is 1. The third-order valence-electron chi connectivity index (χ3n) is 4.94. The van der Waals surface area contributed by atoms with Gasteiger partial charge in [0.25, 0.3) is 5.56 Å². The van der Waals surface area contributed by atoms with Gasteiger partial charge in [-0.15, -0.1) is 15.3 Å². The van der Waals surface area contributed by atoms with Gasteiger partial charge in [0.05, 0.1) is 22.3 Å². The fourth-order valence-electron chi connectivity index (χ4n) is 3.44. The molecule has 0 saturated carbocycles. The van der Waals surface area contributed by atoms with Crippen LogP contribution in [0.1, 0.15) is 18.3 Å². The number of hydrogen-bond donors (Lipinski definition) is 0. The molecule has 9 nitrogen and oxygen atoms in total. The van der Waals surface area contributed by atoms with Gasteiger partial charge in [0.2, 0.25) is 10.9 Å². The molecule has 0 aliphatic carbocycles. The van der Waals surface area contributed by atoms with Crippen molar-refractivity contribution in [2.75, 3.05) is 0 Å². The monoisotopic (exact) mass is 418 g/mol. The average Bonchev–Trinajstić information content (AvgIpc) is 3.40. The molecule has 3 aromatic heterocycles. The van der Waals surface area contributed by atoms with Crippen LogP contribution in [-0.4, -0.2) is 39.4 Å². The Morgan fingerprint density at radius 3 is 2.60 bits per heavy atom. The molecule has 0 spiro atoms. The van der Waals surface area contributed by atoms with E-state index in [4.69, 9.17) is 0 Å². The van der Waals surface area contributed by atoms with E-state index in [9.17, 15) is 4.79 Å². The van der Waals surface area contributed by atoms with Gasteiger partial charge in [-0.1, -0.05) is 41.6 Å². The molecule has 0 fully saturated rings. The van der Waals surface area contributed by atoms with Crippen molar-refractivity contribution in [1.82, 2.24) is 39.4 Å². The molecule has 10 heteroatoms. The van der Waals surface area contributed by atoms with E-state index in [0.29, 0.717) is 28.6 Å². The van der Waals surface area contributed by atoms with Crippen LogP contribution in [0, 0.1) is 6.92 Å². The van der Waals surface area contributed by atoms with Crippen LogP contribution in [0.15, 0.2) is 58.5 Å². The molecule has 5 rings (SSSR count). The van der Waals surface area contributed by atoms with Crippen LogP contribution < -0.4 is 5.56 Å². The van der Waals surface area contributed by atoms with Gasteiger partial charge in [-0.2, -0.15) is 4.68 Å². The number of para-hydroxylation sites is 1. The highest BCUT2D eigenvalue weighted by atomic mass is 32.2. The molecule has 150 valence electrons. The predicted molar refractivity (Wildman–Crippen MR) is 114 cm³/mol. The molecule has 3 heterocycles. The fourth-order valence-corrected chi connectivity index (χ4v) is 4.24. The van der Waals surface area contributed by atoms with Crippen molar-refractivity contribution in [2.24, 2.45) is 0 Å². The lowest BCUT2D eigenvalue weighted by Crippen LogP contribution is -2.22. The summed E-state index contributed by atoms with van der Waals surface area (Å²) in [4.78, 5) is 12.8. The Morgan fingerprint density at radius 2 is 1.80 bits per heavy atom. The van der Waals surface area contributed by atoms with Gasteiger partial charge in [-0.05, 0) is 48.5 Å². The van der Waals surface area contributed by atoms with E-state index < -0.39 is 0 Å². The van der Waals surface area contributed by atoms with Crippen LogP contribution in [0.5, 0.6) is 0 Å². The van der Waals surface area contributed by atoms with Gasteiger partial charge in [0.1, 0.15) is 5.82 Å². The minimum absolute atomic E-state index is 0.0597. The summed E-state index contributed by atoms with van der Waals surface area (Å²) >= 11 is 1.47. The number of nitrogens with zero attached hydrogens (tertiary/aromatic N) is 8. The Morgan fingerprint density at radius 1 is 1.00 bits per heavy atom. The third-order valence-corrected chi connectivity index (χ3v) is 5.86. The first-order valence-electron chi connectivity index (χ1n) is 9.51. The van der Waals surface area contributed by atoms with E-state index in [0.717, 1.165) is 17.0 Å². The van der Waals surface area contributed by atoms with Crippen LogP contribution >= 0.6 is 11.8 Å². The summed E-state index contributed by atoms with van der Waals surface area (Å²) in [5.74, 6) is 1.76. The SMILES string of the molecule is CCn1c(=O)c2ccccc2n2c(CSc3nnnn3-c3ccc(C)cc3)nnc12. The maximum atomic E-state index is 12.8. The number of rotatable bonds is 5. The Kier molecular flexibility index (Phi) is 4.55. The number of fused-ring (bicyclic) bond motifs is 3. The first kappa shape index (κ1) is 18.5. The maximum absolute atomic E-state index is 12.8. The van der Waals surface area contributed by atoms with E-state index in [-0.39, 0.29) is 5.56 Å². The summed E-state index contributed by atoms with van der Waals surface area (Å²) in [5, 5.41) is 22.1. The topological polar surface area (TPSA) is 95.8 Å². The summed E-state index contributed by atoms with van der Waals surface area (Å²) in [5.41, 5.74) is 2.80. The Bertz CT molecular complexity index is 1420. The zero-order chi connectivity index (χ0) is 20.7. The van der Waals surface area contributed by atoms with Crippen LogP contribution in [0.2, 0.25) is 0 Å². The van der Waals surface area contributed by atoms with Crippen molar-refractivity contribution >= 4 is 28.4 Å². The van der Waals surface area contributed by atoms with Crippen molar-refractivity contribution in [2.45, 2.75) is 31.3 Å². The molecule has 0 amide bonds. The first-order chi connectivity index (χ1) is 14.7. The number of aromatic nitrogens is 8. The summed E-state index contributed by atoms with van der Waals surface area (Å²) < 4.78 is 5.28. The first-order valence-corrected chi connectivity index (χ1v) is 10.5. The normalized spacial score (nSPS) is 11.5. The standard InChI is InChI=1S/C20H18N8OS/c1-3-26-18(29)15-6-4-5-7-16(15)27-17(21-22-19(26)27)12-30-20-23-24-25-28(20)14-10-8-13(2)9-11-14/h4-11H,3,12H2,1-2H3. The minimum atomic E-state index is -0.0597. The van der Waals surface area contributed by atoms with Crippen molar-refractivity contribution in [3.63, 3.8) is 0 Å². The molecule has 0 unspecified atom stereocenters. The lowest BCUT2D eigenvalue weighted by molar-refractivity contribution is 0.735. The Balaban J connectivity index is 1.55. The summed E-state index contributed by atoms with van der Waals surface area (Å²) in [6.07, 6.45) is 0. The zero-order valence-corrected chi connectivity index (χ0v) is 17.2. The van der Waals surface area contributed by atoms with E-state index in [1.54, 1.807) is 9.25 Å². The van der Waals surface area contributed by atoms with E-state index >= 15 is 0 Å². The highest BCUT2D eigenvalue weighted by molar-refractivity contribution is 7.98. The lowest BCUT2D eigenvalue weighted by Gasteiger charge is -2.09. The summed E-state index contributed by atoms with van der Waals surface area (Å²) in [6.45, 7) is 4.48. The van der Waals surface area contributed by atoms with Crippen molar-refractivity contribution in [3.05, 3.63) is 70.3 Å². The molecule has 0 N–H and O–H groups in total. The van der Waals surface area contributed by atoms with Gasteiger partial charge in [0, 0.05) is 6.54 Å². The molecule has 0 atom stereocenters. The van der Waals surface area contributed by atoms with Crippen LogP contribution in [-0.2, 0) is 12.3 Å². The number of hydrogen-bond acceptors (Lipinski definition) is 7. The second-order valence-electron chi connectivity index (χ2n) is 6.82. The fraction of sp³-hybridized carbons (Fsp3) is 0.200. The van der Waals surface area contributed by atoms with Gasteiger partial charge in [-0.3, -0.25) is 13.8 Å². The minimum Gasteiger partial charge on any atom is -0.277 e. The van der Waals surface area contributed by atoms with Crippen molar-refractivity contribution in [1.29, 1.82) is 0 Å². The highest BCUT2D eigenvalue weighted by Gasteiger charge is 2.17. The highest BCUT2D eigenvalue weighted by Crippen LogP contribution is 2.23. The predicted octanol–water partition coefficient (Wildman–Crippen LogP) is 2.64. The quantitative estimate of drug-likeness (QED) is 0.405. The molecular weight excluding hydrogens is 400 g/mol. The molecule has 0 aliphatic heterocycles. The van der Waals surface area contributed by atoms with E-state index in [1.165, 1.54) is 17.3 Å². The third kappa shape index (κ3) is 2.96. The van der Waals surface area contributed by atoms with E-state index in [2.05, 4.69) is 25.7 Å². The van der Waals surface area contributed by atoms with Gasteiger partial charge < -0.3 is 0 Å². The number of aryl methyl sites for hydroxylation is 2. The van der Waals surface area contributed by atoms with Crippen molar-refractivity contribution < 1.29 is 0 Å². The zero-order valence-electron chi connectivity index (χ0n) is 16.4. The molecule has 2 aromatic carbocycles. The number of tetrazole rings is 1. The molecule has 5 aromatic rings. The summed E-state index contributed by atoms with van der Waals surface area (Å²) in [7, 11) is 0. The smallest absolute Gasteiger partial charge is 0.262 e. The second-order valence-corrected chi connectivity index (χ2v) is 7.76. The Hall–Kier alpha value is -3.53.